The quantitative estimate of drug-likeness (QED) is 0.526. The Bertz CT molecular complexity index is 961. The van der Waals surface area contributed by atoms with Crippen LogP contribution in [0.4, 0.5) is 11.8 Å². The first-order valence-corrected chi connectivity index (χ1v) is 10.7. The number of aromatic amines is 1. The van der Waals surface area contributed by atoms with Gasteiger partial charge in [-0.15, -0.1) is 0 Å². The summed E-state index contributed by atoms with van der Waals surface area (Å²) in [7, 11) is 5.70. The van der Waals surface area contributed by atoms with Crippen molar-refractivity contribution >= 4 is 22.7 Å². The number of nitrogens with zero attached hydrogens (tertiary/aromatic N) is 3. The second-order valence-electron chi connectivity index (χ2n) is 8.35. The average Bonchev–Trinajstić information content (AvgIpc) is 3.17. The number of ether oxygens (including phenoxy) is 1. The van der Waals surface area contributed by atoms with E-state index < -0.39 is 0 Å². The normalized spacial score (nSPS) is 19.0. The minimum atomic E-state index is 0.458. The highest BCUT2D eigenvalue weighted by atomic mass is 16.5. The summed E-state index contributed by atoms with van der Waals surface area (Å²) in [5, 5.41) is 8.41. The van der Waals surface area contributed by atoms with Gasteiger partial charge in [0.05, 0.1) is 7.11 Å². The molecule has 160 valence electrons. The van der Waals surface area contributed by atoms with E-state index in [1.54, 1.807) is 7.11 Å². The summed E-state index contributed by atoms with van der Waals surface area (Å²) < 4.78 is 5.37. The zero-order valence-electron chi connectivity index (χ0n) is 18.1. The molecule has 7 nitrogen and oxygen atoms in total. The summed E-state index contributed by atoms with van der Waals surface area (Å²) in [6.07, 6.45) is 8.68. The molecule has 1 aliphatic carbocycles. The van der Waals surface area contributed by atoms with Gasteiger partial charge in [-0.25, -0.2) is 4.98 Å². The van der Waals surface area contributed by atoms with Gasteiger partial charge in [0.1, 0.15) is 11.6 Å². The molecule has 30 heavy (non-hydrogen) atoms. The Balaban J connectivity index is 1.23. The topological polar surface area (TPSA) is 78.1 Å². The number of rotatable bonds is 8. The Labute approximate surface area is 178 Å². The van der Waals surface area contributed by atoms with Crippen LogP contribution < -0.4 is 20.3 Å². The van der Waals surface area contributed by atoms with Crippen LogP contribution in [-0.4, -0.2) is 48.7 Å². The smallest absolute Gasteiger partial charge is 0.224 e. The number of aromatic nitrogens is 3. The van der Waals surface area contributed by atoms with Crippen LogP contribution in [0.2, 0.25) is 0 Å². The maximum atomic E-state index is 5.37. The van der Waals surface area contributed by atoms with Crippen molar-refractivity contribution in [3.63, 3.8) is 0 Å². The summed E-state index contributed by atoms with van der Waals surface area (Å²) in [4.78, 5) is 14.3. The molecule has 0 radical (unpaired) electrons. The largest absolute Gasteiger partial charge is 0.497 e. The van der Waals surface area contributed by atoms with Crippen molar-refractivity contribution in [1.82, 2.24) is 20.3 Å². The van der Waals surface area contributed by atoms with Crippen LogP contribution in [0.5, 0.6) is 5.75 Å². The molecule has 1 saturated carbocycles. The van der Waals surface area contributed by atoms with Crippen molar-refractivity contribution < 1.29 is 4.74 Å². The summed E-state index contributed by atoms with van der Waals surface area (Å²) in [5.74, 6) is 3.28. The number of nitrogens with one attached hydrogen (secondary N) is 3. The zero-order chi connectivity index (χ0) is 20.9. The molecule has 3 aromatic rings. The van der Waals surface area contributed by atoms with E-state index >= 15 is 0 Å². The van der Waals surface area contributed by atoms with Gasteiger partial charge in [-0.2, -0.15) is 4.98 Å². The lowest BCUT2D eigenvalue weighted by Crippen LogP contribution is -2.31. The molecule has 7 heteroatoms. The molecule has 4 rings (SSSR count). The van der Waals surface area contributed by atoms with E-state index in [4.69, 9.17) is 4.74 Å². The highest BCUT2D eigenvalue weighted by molar-refractivity contribution is 5.84. The van der Waals surface area contributed by atoms with Crippen molar-refractivity contribution in [1.29, 1.82) is 0 Å². The van der Waals surface area contributed by atoms with Crippen LogP contribution in [-0.2, 0) is 6.54 Å². The van der Waals surface area contributed by atoms with Crippen molar-refractivity contribution in [2.24, 2.45) is 5.92 Å². The summed E-state index contributed by atoms with van der Waals surface area (Å²) in [6.45, 7) is 1.92. The predicted octanol–water partition coefficient (Wildman–Crippen LogP) is 3.79. The Morgan fingerprint density at radius 1 is 1.17 bits per heavy atom. The zero-order valence-corrected chi connectivity index (χ0v) is 18.1. The minimum absolute atomic E-state index is 0.458. The van der Waals surface area contributed by atoms with Crippen LogP contribution in [0, 0.1) is 5.92 Å². The molecule has 1 aliphatic rings. The molecule has 2 heterocycles. The van der Waals surface area contributed by atoms with Crippen LogP contribution in [0.15, 0.2) is 36.7 Å². The fraction of sp³-hybridized carbons (Fsp3) is 0.478. The molecule has 0 unspecified atom stereocenters. The van der Waals surface area contributed by atoms with E-state index in [0.717, 1.165) is 54.9 Å². The maximum absolute atomic E-state index is 5.37. The second kappa shape index (κ2) is 9.34. The van der Waals surface area contributed by atoms with E-state index in [2.05, 4.69) is 43.9 Å². The van der Waals surface area contributed by atoms with Crippen LogP contribution in [0.3, 0.4) is 0 Å². The summed E-state index contributed by atoms with van der Waals surface area (Å²) in [5.41, 5.74) is 2.44. The molecular formula is C23H32N6O. The summed E-state index contributed by atoms with van der Waals surface area (Å²) >= 11 is 0. The first-order chi connectivity index (χ1) is 14.6. The second-order valence-corrected chi connectivity index (χ2v) is 8.35. The molecule has 0 spiro atoms. The maximum Gasteiger partial charge on any atom is 0.224 e. The summed E-state index contributed by atoms with van der Waals surface area (Å²) in [6, 6.07) is 8.55. The fourth-order valence-corrected chi connectivity index (χ4v) is 4.20. The molecule has 0 atom stereocenters. The lowest BCUT2D eigenvalue weighted by molar-refractivity contribution is 0.324. The lowest BCUT2D eigenvalue weighted by atomic mass is 9.86. The predicted molar refractivity (Wildman–Crippen MR) is 122 cm³/mol. The molecule has 2 aromatic heterocycles. The Hall–Kier alpha value is -2.80. The molecule has 0 bridgehead atoms. The van der Waals surface area contributed by atoms with Crippen molar-refractivity contribution in [2.75, 3.05) is 38.0 Å². The van der Waals surface area contributed by atoms with Gasteiger partial charge >= 0.3 is 0 Å². The van der Waals surface area contributed by atoms with Gasteiger partial charge in [0.15, 0.2) is 0 Å². The first kappa shape index (κ1) is 20.5. The van der Waals surface area contributed by atoms with Gasteiger partial charge in [-0.1, -0.05) is 0 Å². The van der Waals surface area contributed by atoms with Gasteiger partial charge < -0.3 is 25.3 Å². The van der Waals surface area contributed by atoms with Crippen molar-refractivity contribution in [3.8, 4) is 5.75 Å². The van der Waals surface area contributed by atoms with Gasteiger partial charge in [0, 0.05) is 50.0 Å². The monoisotopic (exact) mass is 408 g/mol. The molecular weight excluding hydrogens is 376 g/mol. The van der Waals surface area contributed by atoms with E-state index in [9.17, 15) is 0 Å². The molecule has 0 saturated heterocycles. The van der Waals surface area contributed by atoms with Crippen molar-refractivity contribution in [2.45, 2.75) is 38.3 Å². The van der Waals surface area contributed by atoms with E-state index in [0.29, 0.717) is 6.04 Å². The Morgan fingerprint density at radius 2 is 2.00 bits per heavy atom. The highest BCUT2D eigenvalue weighted by Gasteiger charge is 2.21. The number of benzene rings is 1. The third-order valence-electron chi connectivity index (χ3n) is 6.00. The number of fused-ring (bicyclic) bond motifs is 1. The van der Waals surface area contributed by atoms with Crippen LogP contribution in [0.25, 0.3) is 10.9 Å². The van der Waals surface area contributed by atoms with Gasteiger partial charge in [0.2, 0.25) is 5.95 Å². The molecule has 0 aliphatic heterocycles. The van der Waals surface area contributed by atoms with E-state index in [-0.39, 0.29) is 0 Å². The van der Waals surface area contributed by atoms with Gasteiger partial charge in [-0.3, -0.25) is 0 Å². The fourth-order valence-electron chi connectivity index (χ4n) is 4.20. The van der Waals surface area contributed by atoms with Crippen LogP contribution in [0.1, 0.15) is 31.2 Å². The number of anilines is 2. The molecule has 1 aromatic carbocycles. The number of hydrogen-bond donors (Lipinski definition) is 3. The van der Waals surface area contributed by atoms with Crippen LogP contribution >= 0.6 is 0 Å². The number of hydrogen-bond acceptors (Lipinski definition) is 6. The number of H-pyrrole nitrogens is 1. The lowest BCUT2D eigenvalue weighted by Gasteiger charge is -2.29. The molecule has 3 N–H and O–H groups in total. The molecule has 1 fully saturated rings. The van der Waals surface area contributed by atoms with E-state index in [1.165, 1.54) is 23.8 Å². The SMILES string of the molecule is COc1ccc2[nH]cc(CNCC3CCC(Nc4nccc(N(C)C)n4)CC3)c2c1. The average molecular weight is 409 g/mol. The third kappa shape index (κ3) is 4.84. The van der Waals surface area contributed by atoms with Gasteiger partial charge in [-0.05, 0) is 68.0 Å². The van der Waals surface area contributed by atoms with E-state index in [1.807, 2.05) is 37.3 Å². The van der Waals surface area contributed by atoms with Crippen molar-refractivity contribution in [3.05, 3.63) is 42.2 Å². The first-order valence-electron chi connectivity index (χ1n) is 10.7. The Morgan fingerprint density at radius 3 is 2.77 bits per heavy atom. The number of methoxy groups -OCH3 is 1. The minimum Gasteiger partial charge on any atom is -0.497 e. The highest BCUT2D eigenvalue weighted by Crippen LogP contribution is 2.27. The van der Waals surface area contributed by atoms with Gasteiger partial charge in [0.25, 0.3) is 0 Å². The molecule has 0 amide bonds. The standard InChI is InChI=1S/C23H32N6O/c1-29(2)22-10-11-25-23(28-22)27-18-6-4-16(5-7-18)13-24-14-17-15-26-21-9-8-19(30-3)12-20(17)21/h8-12,15-16,18,24,26H,4-7,13-14H2,1-3H3,(H,25,27,28). The Kier molecular flexibility index (Phi) is 6.38. The third-order valence-corrected chi connectivity index (χ3v) is 6.00.